The molecule has 0 spiro atoms. The van der Waals surface area contributed by atoms with Crippen molar-refractivity contribution in [3.05, 3.63) is 64.4 Å². The van der Waals surface area contributed by atoms with Gasteiger partial charge in [-0.1, -0.05) is 36.2 Å². The maximum Gasteiger partial charge on any atom is 0.331 e. The van der Waals surface area contributed by atoms with Gasteiger partial charge in [0.25, 0.3) is 5.56 Å². The van der Waals surface area contributed by atoms with Gasteiger partial charge >= 0.3 is 5.69 Å². The lowest BCUT2D eigenvalue weighted by Gasteiger charge is -2.11. The van der Waals surface area contributed by atoms with Gasteiger partial charge in [-0.05, 0) is 46.7 Å². The second-order valence-electron chi connectivity index (χ2n) is 4.58. The topological polar surface area (TPSA) is 44.0 Å². The van der Waals surface area contributed by atoms with Gasteiger partial charge in [0.15, 0.2) is 0 Å². The molecule has 7 heteroatoms. The maximum absolute atomic E-state index is 12.4. The number of halogens is 3. The molecule has 4 nitrogen and oxygen atoms in total. The van der Waals surface area contributed by atoms with Crippen molar-refractivity contribution in [2.75, 3.05) is 0 Å². The van der Waals surface area contributed by atoms with E-state index in [4.69, 9.17) is 23.2 Å². The summed E-state index contributed by atoms with van der Waals surface area (Å²) in [7, 11) is 0. The number of aromatic nitrogens is 2. The molecule has 1 aromatic heterocycles. The number of rotatable bonds is 4. The van der Waals surface area contributed by atoms with Crippen molar-refractivity contribution in [3.8, 4) is 0 Å². The highest BCUT2D eigenvalue weighted by Gasteiger charge is 2.11. The average Bonchev–Trinajstić information content (AvgIpc) is 2.43. The first kappa shape index (κ1) is 16.6. The molecular formula is C14H13Cl2IN2O2. The predicted molar refractivity (Wildman–Crippen MR) is 93.5 cm³/mol. The first-order valence-electron chi connectivity index (χ1n) is 6.37. The molecule has 0 saturated carbocycles. The van der Waals surface area contributed by atoms with E-state index in [1.807, 2.05) is 29.5 Å². The molecule has 0 fully saturated rings. The Bertz CT molecular complexity index is 784. The number of nitrogens with zero attached hydrogens (tertiary/aromatic N) is 2. The Morgan fingerprint density at radius 3 is 2.57 bits per heavy atom. The molecule has 0 aliphatic carbocycles. The number of hydrogen-bond donors (Lipinski definition) is 0. The smallest absolute Gasteiger partial charge is 0.299 e. The summed E-state index contributed by atoms with van der Waals surface area (Å²) in [6.45, 7) is 2.68. The van der Waals surface area contributed by atoms with Crippen LogP contribution < -0.4 is 11.2 Å². The lowest BCUT2D eigenvalue weighted by molar-refractivity contribution is 0.566. The summed E-state index contributed by atoms with van der Waals surface area (Å²) in [5, 5.41) is 0.955. The van der Waals surface area contributed by atoms with Crippen molar-refractivity contribution in [1.29, 1.82) is 0 Å². The minimum Gasteiger partial charge on any atom is -0.299 e. The summed E-state index contributed by atoms with van der Waals surface area (Å²) in [6, 6.07) is 5.01. The molecule has 21 heavy (non-hydrogen) atoms. The lowest BCUT2D eigenvalue weighted by Crippen LogP contribution is -2.41. The fraction of sp³-hybridized carbons (Fsp3) is 0.286. The zero-order valence-corrected chi connectivity index (χ0v) is 14.9. The average molecular weight is 439 g/mol. The number of hydrogen-bond acceptors (Lipinski definition) is 2. The summed E-state index contributed by atoms with van der Waals surface area (Å²) >= 11 is 13.9. The summed E-state index contributed by atoms with van der Waals surface area (Å²) in [5.41, 5.74) is 0.0533. The molecule has 0 amide bonds. The third kappa shape index (κ3) is 3.70. The first-order valence-corrected chi connectivity index (χ1v) is 8.21. The molecule has 0 atom stereocenters. The van der Waals surface area contributed by atoms with Crippen LogP contribution in [0.2, 0.25) is 10.0 Å². The summed E-state index contributed by atoms with van der Waals surface area (Å²) in [6.07, 6.45) is 2.41. The van der Waals surface area contributed by atoms with Crippen molar-refractivity contribution in [1.82, 2.24) is 9.13 Å². The van der Waals surface area contributed by atoms with E-state index in [1.165, 1.54) is 4.57 Å². The third-order valence-electron chi connectivity index (χ3n) is 3.00. The van der Waals surface area contributed by atoms with Crippen molar-refractivity contribution in [3.63, 3.8) is 0 Å². The number of benzene rings is 1. The van der Waals surface area contributed by atoms with E-state index in [2.05, 4.69) is 0 Å². The zero-order valence-electron chi connectivity index (χ0n) is 11.3. The fourth-order valence-corrected chi connectivity index (χ4v) is 3.07. The van der Waals surface area contributed by atoms with Crippen LogP contribution in [0, 0.1) is 3.57 Å². The third-order valence-corrected chi connectivity index (χ3v) is 4.33. The van der Waals surface area contributed by atoms with Crippen LogP contribution in [0.3, 0.4) is 0 Å². The summed E-state index contributed by atoms with van der Waals surface area (Å²) in [5.74, 6) is 0. The van der Waals surface area contributed by atoms with E-state index in [-0.39, 0.29) is 17.8 Å². The van der Waals surface area contributed by atoms with Gasteiger partial charge in [0.05, 0.1) is 10.1 Å². The predicted octanol–water partition coefficient (Wildman–Crippen LogP) is 3.38. The van der Waals surface area contributed by atoms with Gasteiger partial charge in [0.1, 0.15) is 0 Å². The molecule has 2 rings (SSSR count). The van der Waals surface area contributed by atoms with Gasteiger partial charge in [-0.15, -0.1) is 0 Å². The van der Waals surface area contributed by atoms with Gasteiger partial charge < -0.3 is 0 Å². The van der Waals surface area contributed by atoms with Crippen LogP contribution in [-0.4, -0.2) is 9.13 Å². The van der Waals surface area contributed by atoms with Crippen molar-refractivity contribution in [2.45, 2.75) is 26.4 Å². The molecule has 0 aliphatic heterocycles. The van der Waals surface area contributed by atoms with E-state index in [0.717, 1.165) is 6.42 Å². The normalized spacial score (nSPS) is 10.9. The van der Waals surface area contributed by atoms with Crippen molar-refractivity contribution in [2.24, 2.45) is 0 Å². The second kappa shape index (κ2) is 6.98. The molecule has 1 aromatic carbocycles. The Balaban J connectivity index is 2.53. The highest BCUT2D eigenvalue weighted by Crippen LogP contribution is 2.21. The van der Waals surface area contributed by atoms with Crippen LogP contribution in [0.25, 0.3) is 0 Å². The molecule has 112 valence electrons. The molecule has 0 radical (unpaired) electrons. The maximum atomic E-state index is 12.4. The lowest BCUT2D eigenvalue weighted by atomic mass is 10.2. The molecular weight excluding hydrogens is 426 g/mol. The van der Waals surface area contributed by atoms with Gasteiger partial charge in [0, 0.05) is 22.8 Å². The zero-order chi connectivity index (χ0) is 15.6. The van der Waals surface area contributed by atoms with Gasteiger partial charge in [-0.2, -0.15) is 0 Å². The monoisotopic (exact) mass is 438 g/mol. The van der Waals surface area contributed by atoms with E-state index in [1.54, 1.807) is 29.0 Å². The Kier molecular flexibility index (Phi) is 5.51. The molecule has 0 bridgehead atoms. The standard InChI is InChI=1S/C14H13Cl2IN2O2/c1-2-5-18-8-12(17)13(20)19(14(18)21)7-9-3-4-10(15)6-11(9)16/h3-4,6,8H,2,5,7H2,1H3. The van der Waals surface area contributed by atoms with E-state index >= 15 is 0 Å². The van der Waals surface area contributed by atoms with Crippen LogP contribution >= 0.6 is 45.8 Å². The van der Waals surface area contributed by atoms with Crippen molar-refractivity contribution < 1.29 is 0 Å². The SMILES string of the molecule is CCCn1cc(I)c(=O)n(Cc2ccc(Cl)cc2Cl)c1=O. The molecule has 0 aliphatic rings. The largest absolute Gasteiger partial charge is 0.331 e. The van der Waals surface area contributed by atoms with Gasteiger partial charge in [-0.25, -0.2) is 4.79 Å². The first-order chi connectivity index (χ1) is 9.93. The molecule has 2 aromatic rings. The molecule has 0 saturated heterocycles. The highest BCUT2D eigenvalue weighted by atomic mass is 127. The molecule has 0 N–H and O–H groups in total. The Hall–Kier alpha value is -0.790. The van der Waals surface area contributed by atoms with Gasteiger partial charge in [0.2, 0.25) is 0 Å². The van der Waals surface area contributed by atoms with Crippen LogP contribution in [0.5, 0.6) is 0 Å². The van der Waals surface area contributed by atoms with E-state index in [9.17, 15) is 9.59 Å². The number of aryl methyl sites for hydroxylation is 1. The minimum atomic E-state index is -0.326. The second-order valence-corrected chi connectivity index (χ2v) is 6.59. The van der Waals surface area contributed by atoms with Crippen LogP contribution in [0.4, 0.5) is 0 Å². The Labute approximate surface area is 145 Å². The van der Waals surface area contributed by atoms with E-state index < -0.39 is 0 Å². The quantitative estimate of drug-likeness (QED) is 0.687. The van der Waals surface area contributed by atoms with E-state index in [0.29, 0.717) is 25.7 Å². The Morgan fingerprint density at radius 2 is 1.95 bits per heavy atom. The van der Waals surface area contributed by atoms with Crippen LogP contribution in [0.1, 0.15) is 18.9 Å². The van der Waals surface area contributed by atoms with Gasteiger partial charge in [-0.3, -0.25) is 13.9 Å². The Morgan fingerprint density at radius 1 is 1.24 bits per heavy atom. The van der Waals surface area contributed by atoms with Crippen LogP contribution in [0.15, 0.2) is 34.0 Å². The van der Waals surface area contributed by atoms with Crippen LogP contribution in [-0.2, 0) is 13.1 Å². The minimum absolute atomic E-state index is 0.133. The molecule has 1 heterocycles. The summed E-state index contributed by atoms with van der Waals surface area (Å²) in [4.78, 5) is 24.6. The fourth-order valence-electron chi connectivity index (χ4n) is 1.98. The molecule has 0 unspecified atom stereocenters. The summed E-state index contributed by atoms with van der Waals surface area (Å²) < 4.78 is 3.25. The highest BCUT2D eigenvalue weighted by molar-refractivity contribution is 14.1. The van der Waals surface area contributed by atoms with Crippen molar-refractivity contribution >= 4 is 45.8 Å².